The maximum Gasteiger partial charge on any atom is 0.336 e. The first-order chi connectivity index (χ1) is 14.7. The third-order valence-electron chi connectivity index (χ3n) is 4.72. The van der Waals surface area contributed by atoms with Gasteiger partial charge in [-0.25, -0.2) is 4.79 Å². The largest absolute Gasteiger partial charge is 0.506 e. The lowest BCUT2D eigenvalue weighted by Gasteiger charge is -2.17. The van der Waals surface area contributed by atoms with Crippen molar-refractivity contribution in [2.75, 3.05) is 0 Å². The van der Waals surface area contributed by atoms with Crippen molar-refractivity contribution in [3.63, 3.8) is 0 Å². The summed E-state index contributed by atoms with van der Waals surface area (Å²) in [4.78, 5) is 11.5. The second-order valence-corrected chi connectivity index (χ2v) is 8.91. The van der Waals surface area contributed by atoms with Crippen molar-refractivity contribution in [1.29, 1.82) is 0 Å². The molecular weight excluding hydrogens is 524 g/mol. The number of hydrogen-bond acceptors (Lipinski definition) is 3. The zero-order chi connectivity index (χ0) is 22.7. The topological polar surface area (TPSA) is 66.8 Å². The van der Waals surface area contributed by atoms with Gasteiger partial charge in [-0.3, -0.25) is 0 Å². The number of halogens is 2. The number of carbonyl (C=O) groups is 1. The van der Waals surface area contributed by atoms with Crippen molar-refractivity contribution < 1.29 is 19.7 Å². The van der Waals surface area contributed by atoms with Crippen LogP contribution in [0.2, 0.25) is 0 Å². The highest BCUT2D eigenvalue weighted by molar-refractivity contribution is 9.11. The Bertz CT molecular complexity index is 1210. The van der Waals surface area contributed by atoms with Crippen LogP contribution in [0.15, 0.2) is 57.5 Å². The van der Waals surface area contributed by atoms with Crippen LogP contribution in [0, 0.1) is 18.8 Å². The van der Waals surface area contributed by atoms with Gasteiger partial charge in [-0.2, -0.15) is 0 Å². The van der Waals surface area contributed by atoms with Gasteiger partial charge in [-0.1, -0.05) is 43.9 Å². The molecule has 0 saturated carbocycles. The minimum Gasteiger partial charge on any atom is -0.506 e. The summed E-state index contributed by atoms with van der Waals surface area (Å²) >= 11 is 6.86. The van der Waals surface area contributed by atoms with E-state index in [0.29, 0.717) is 37.1 Å². The Kier molecular flexibility index (Phi) is 7.09. The highest BCUT2D eigenvalue weighted by Gasteiger charge is 2.20. The average Bonchev–Trinajstić information content (AvgIpc) is 2.74. The molecule has 0 saturated heterocycles. The van der Waals surface area contributed by atoms with Crippen LogP contribution < -0.4 is 4.74 Å². The van der Waals surface area contributed by atoms with Crippen molar-refractivity contribution in [2.24, 2.45) is 0 Å². The molecule has 6 heteroatoms. The Morgan fingerprint density at radius 2 is 1.74 bits per heavy atom. The molecule has 3 aromatic carbocycles. The minimum absolute atomic E-state index is 0.0452. The SMILES string of the molecule is Cc1c(C(=O)O)cc(Br)c(Oc2cc(C#Cc3ccccc3)c(O)c(C(C)C)c2)c1Br. The number of carboxylic acids is 1. The quantitative estimate of drug-likeness (QED) is 0.340. The molecule has 0 atom stereocenters. The molecular formula is C25H20Br2O4. The highest BCUT2D eigenvalue weighted by Crippen LogP contribution is 2.42. The second kappa shape index (κ2) is 9.59. The summed E-state index contributed by atoms with van der Waals surface area (Å²) in [5.41, 5.74) is 2.73. The molecule has 31 heavy (non-hydrogen) atoms. The molecule has 158 valence electrons. The van der Waals surface area contributed by atoms with Gasteiger partial charge < -0.3 is 14.9 Å². The van der Waals surface area contributed by atoms with Gasteiger partial charge >= 0.3 is 5.97 Å². The van der Waals surface area contributed by atoms with Gasteiger partial charge in [0.25, 0.3) is 0 Å². The van der Waals surface area contributed by atoms with Crippen LogP contribution in [0.5, 0.6) is 17.2 Å². The van der Waals surface area contributed by atoms with Gasteiger partial charge in [0, 0.05) is 17.2 Å². The summed E-state index contributed by atoms with van der Waals surface area (Å²) in [7, 11) is 0. The van der Waals surface area contributed by atoms with E-state index in [1.54, 1.807) is 19.1 Å². The Morgan fingerprint density at radius 3 is 2.35 bits per heavy atom. The Morgan fingerprint density at radius 1 is 1.06 bits per heavy atom. The van der Waals surface area contributed by atoms with E-state index in [1.165, 1.54) is 6.07 Å². The van der Waals surface area contributed by atoms with Crippen LogP contribution in [0.25, 0.3) is 0 Å². The van der Waals surface area contributed by atoms with Crippen LogP contribution in [-0.2, 0) is 0 Å². The summed E-state index contributed by atoms with van der Waals surface area (Å²) in [5.74, 6) is 6.19. The summed E-state index contributed by atoms with van der Waals surface area (Å²) in [6.45, 7) is 5.66. The smallest absolute Gasteiger partial charge is 0.336 e. The van der Waals surface area contributed by atoms with Crippen LogP contribution in [0.4, 0.5) is 0 Å². The van der Waals surface area contributed by atoms with Gasteiger partial charge in [0.05, 0.1) is 20.1 Å². The first-order valence-electron chi connectivity index (χ1n) is 9.52. The monoisotopic (exact) mass is 542 g/mol. The number of ether oxygens (including phenoxy) is 1. The number of aromatic carboxylic acids is 1. The molecule has 0 bridgehead atoms. The zero-order valence-corrected chi connectivity index (χ0v) is 20.3. The first-order valence-corrected chi connectivity index (χ1v) is 11.1. The molecule has 0 unspecified atom stereocenters. The number of hydrogen-bond donors (Lipinski definition) is 2. The van der Waals surface area contributed by atoms with Gasteiger partial charge in [0.2, 0.25) is 0 Å². The zero-order valence-electron chi connectivity index (χ0n) is 17.2. The number of rotatable bonds is 4. The standard InChI is InChI=1S/C25H20Br2O4/c1-14(2)19-12-18(11-17(23(19)28)10-9-16-7-5-4-6-8-16)31-24-21(26)13-20(25(29)30)15(3)22(24)27/h4-8,11-14,28H,1-3H3,(H,29,30). The molecule has 2 N–H and O–H groups in total. The van der Waals surface area contributed by atoms with Gasteiger partial charge in [0.15, 0.2) is 5.75 Å². The summed E-state index contributed by atoms with van der Waals surface area (Å²) < 4.78 is 7.16. The molecule has 3 rings (SSSR count). The van der Waals surface area contributed by atoms with Crippen molar-refractivity contribution in [2.45, 2.75) is 26.7 Å². The van der Waals surface area contributed by atoms with Crippen LogP contribution in [0.1, 0.15) is 52.4 Å². The average molecular weight is 544 g/mol. The Hall–Kier alpha value is -2.75. The third kappa shape index (κ3) is 5.12. The van der Waals surface area contributed by atoms with Gasteiger partial charge in [-0.15, -0.1) is 0 Å². The number of carboxylic acid groups (broad SMARTS) is 1. The van der Waals surface area contributed by atoms with Crippen molar-refractivity contribution in [3.05, 3.63) is 85.3 Å². The maximum atomic E-state index is 11.5. The molecule has 4 nitrogen and oxygen atoms in total. The molecule has 0 aliphatic heterocycles. The lowest BCUT2D eigenvalue weighted by molar-refractivity contribution is 0.0696. The van der Waals surface area contributed by atoms with E-state index in [4.69, 9.17) is 4.74 Å². The lowest BCUT2D eigenvalue weighted by Crippen LogP contribution is -2.02. The summed E-state index contributed by atoms with van der Waals surface area (Å²) in [5, 5.41) is 20.1. The van der Waals surface area contributed by atoms with E-state index in [9.17, 15) is 15.0 Å². The number of benzene rings is 3. The predicted molar refractivity (Wildman–Crippen MR) is 128 cm³/mol. The van der Waals surface area contributed by atoms with Crippen LogP contribution in [-0.4, -0.2) is 16.2 Å². The molecule has 0 aliphatic carbocycles. The molecule has 0 heterocycles. The highest BCUT2D eigenvalue weighted by atomic mass is 79.9. The minimum atomic E-state index is -1.02. The summed E-state index contributed by atoms with van der Waals surface area (Å²) in [6.07, 6.45) is 0. The third-order valence-corrected chi connectivity index (χ3v) is 6.27. The van der Waals surface area contributed by atoms with E-state index >= 15 is 0 Å². The Labute approximate surface area is 198 Å². The van der Waals surface area contributed by atoms with E-state index in [-0.39, 0.29) is 17.2 Å². The van der Waals surface area contributed by atoms with Crippen LogP contribution in [0.3, 0.4) is 0 Å². The Balaban J connectivity index is 2.09. The molecule has 0 aromatic heterocycles. The normalized spacial score (nSPS) is 10.5. The molecule has 3 aromatic rings. The van der Waals surface area contributed by atoms with Crippen LogP contribution >= 0.6 is 31.9 Å². The predicted octanol–water partition coefficient (Wildman–Crippen LogP) is 7.24. The number of phenols is 1. The van der Waals surface area contributed by atoms with Crippen molar-refractivity contribution in [1.82, 2.24) is 0 Å². The number of aromatic hydroxyl groups is 1. The van der Waals surface area contributed by atoms with Gasteiger partial charge in [-0.05, 0) is 74.5 Å². The summed E-state index contributed by atoms with van der Waals surface area (Å²) in [6, 6.07) is 14.5. The van der Waals surface area contributed by atoms with Crippen molar-refractivity contribution in [3.8, 4) is 29.1 Å². The van der Waals surface area contributed by atoms with E-state index in [2.05, 4.69) is 43.7 Å². The molecule has 0 fully saturated rings. The fourth-order valence-electron chi connectivity index (χ4n) is 3.01. The second-order valence-electron chi connectivity index (χ2n) is 7.26. The number of phenolic OH excluding ortho intramolecular Hbond substituents is 1. The molecule has 0 amide bonds. The van der Waals surface area contributed by atoms with E-state index in [1.807, 2.05) is 44.2 Å². The first kappa shape index (κ1) is 22.9. The lowest BCUT2D eigenvalue weighted by atomic mass is 9.98. The van der Waals surface area contributed by atoms with Gasteiger partial charge in [0.1, 0.15) is 11.5 Å². The molecule has 0 radical (unpaired) electrons. The molecule has 0 spiro atoms. The fraction of sp³-hybridized carbons (Fsp3) is 0.160. The van der Waals surface area contributed by atoms with Crippen molar-refractivity contribution >= 4 is 37.8 Å². The van der Waals surface area contributed by atoms with E-state index < -0.39 is 5.97 Å². The molecule has 0 aliphatic rings. The fourth-order valence-corrected chi connectivity index (χ4v) is 4.29. The maximum absolute atomic E-state index is 11.5. The van der Waals surface area contributed by atoms with E-state index in [0.717, 1.165) is 5.56 Å².